The summed E-state index contributed by atoms with van der Waals surface area (Å²) in [5.74, 6) is 0.543. The van der Waals surface area contributed by atoms with Gasteiger partial charge in [0.2, 0.25) is 0 Å². The lowest BCUT2D eigenvalue weighted by Crippen LogP contribution is -2.22. The molecule has 2 rings (SSSR count). The van der Waals surface area contributed by atoms with Crippen LogP contribution in [0.15, 0.2) is 45.7 Å². The molecular formula is C11H9BrN2O2. The summed E-state index contributed by atoms with van der Waals surface area (Å²) >= 11 is 3.26. The number of aromatic nitrogens is 1. The fraction of sp³-hybridized carbons (Fsp3) is 0.0909. The molecule has 1 N–H and O–H groups in total. The van der Waals surface area contributed by atoms with Gasteiger partial charge in [0, 0.05) is 16.9 Å². The molecule has 0 fully saturated rings. The van der Waals surface area contributed by atoms with Gasteiger partial charge in [-0.25, -0.2) is 0 Å². The molecule has 0 spiro atoms. The summed E-state index contributed by atoms with van der Waals surface area (Å²) < 4.78 is 5.88. The molecule has 0 aromatic carbocycles. The van der Waals surface area contributed by atoms with Crippen LogP contribution in [0.1, 0.15) is 16.1 Å². The molecule has 1 amide bonds. The van der Waals surface area contributed by atoms with Crippen LogP contribution in [0.2, 0.25) is 0 Å². The number of pyridine rings is 1. The Hall–Kier alpha value is -1.62. The highest BCUT2D eigenvalue weighted by Crippen LogP contribution is 2.09. The number of hydrogen-bond acceptors (Lipinski definition) is 3. The fourth-order valence-corrected chi connectivity index (χ4v) is 1.58. The minimum absolute atomic E-state index is 0.176. The first-order valence-corrected chi connectivity index (χ1v) is 5.46. The van der Waals surface area contributed by atoms with Crippen molar-refractivity contribution < 1.29 is 9.21 Å². The summed E-state index contributed by atoms with van der Waals surface area (Å²) in [5, 5.41) is 2.74. The normalized spacial score (nSPS) is 10.1. The molecule has 16 heavy (non-hydrogen) atoms. The number of furan rings is 1. The van der Waals surface area contributed by atoms with E-state index in [0.29, 0.717) is 12.1 Å². The van der Waals surface area contributed by atoms with Crippen LogP contribution in [0, 0.1) is 0 Å². The first-order chi connectivity index (χ1) is 7.75. The molecular weight excluding hydrogens is 272 g/mol. The molecule has 2 aromatic heterocycles. The van der Waals surface area contributed by atoms with Crippen LogP contribution in [-0.4, -0.2) is 10.9 Å². The lowest BCUT2D eigenvalue weighted by molar-refractivity contribution is 0.0947. The van der Waals surface area contributed by atoms with Gasteiger partial charge in [0.1, 0.15) is 5.76 Å². The molecule has 0 aliphatic rings. The Morgan fingerprint density at radius 3 is 3.06 bits per heavy atom. The number of halogens is 1. The van der Waals surface area contributed by atoms with E-state index in [1.807, 2.05) is 0 Å². The zero-order chi connectivity index (χ0) is 11.4. The summed E-state index contributed by atoms with van der Waals surface area (Å²) in [7, 11) is 0. The van der Waals surface area contributed by atoms with Crippen LogP contribution in [0.5, 0.6) is 0 Å². The van der Waals surface area contributed by atoms with Crippen LogP contribution >= 0.6 is 15.9 Å². The van der Waals surface area contributed by atoms with Gasteiger partial charge in [0.05, 0.1) is 18.4 Å². The number of nitrogens with zero attached hydrogens (tertiary/aromatic N) is 1. The molecule has 0 saturated heterocycles. The third kappa shape index (κ3) is 2.70. The maximum Gasteiger partial charge on any atom is 0.253 e. The van der Waals surface area contributed by atoms with Gasteiger partial charge in [-0.3, -0.25) is 9.78 Å². The fourth-order valence-electron chi connectivity index (χ4n) is 1.22. The molecule has 2 aromatic rings. The van der Waals surface area contributed by atoms with Crippen LogP contribution in [0.3, 0.4) is 0 Å². The second-order valence-electron chi connectivity index (χ2n) is 3.15. The van der Waals surface area contributed by atoms with E-state index in [9.17, 15) is 4.79 Å². The number of amides is 1. The smallest absolute Gasteiger partial charge is 0.253 e. The average Bonchev–Trinajstić information content (AvgIpc) is 2.78. The van der Waals surface area contributed by atoms with Crippen molar-refractivity contribution in [2.24, 2.45) is 0 Å². The lowest BCUT2D eigenvalue weighted by Gasteiger charge is -2.02. The summed E-state index contributed by atoms with van der Waals surface area (Å²) in [6, 6.07) is 5.30. The Morgan fingerprint density at radius 1 is 1.50 bits per heavy atom. The molecule has 5 heteroatoms. The standard InChI is InChI=1S/C11H9BrN2O2/c12-9-4-8(5-13-6-9)11(15)14-7-10-2-1-3-16-10/h1-6H,7H2,(H,14,15). The lowest BCUT2D eigenvalue weighted by atomic mass is 10.2. The molecule has 0 atom stereocenters. The summed E-state index contributed by atoms with van der Waals surface area (Å²) in [6.45, 7) is 0.373. The Balaban J connectivity index is 1.98. The second kappa shape index (κ2) is 4.94. The van der Waals surface area contributed by atoms with Gasteiger partial charge in [-0.1, -0.05) is 0 Å². The van der Waals surface area contributed by atoms with Crippen LogP contribution in [0.25, 0.3) is 0 Å². The molecule has 0 unspecified atom stereocenters. The molecule has 0 radical (unpaired) electrons. The third-order valence-electron chi connectivity index (χ3n) is 1.97. The highest BCUT2D eigenvalue weighted by molar-refractivity contribution is 9.10. The topological polar surface area (TPSA) is 55.1 Å². The Morgan fingerprint density at radius 2 is 2.38 bits per heavy atom. The van der Waals surface area contributed by atoms with Gasteiger partial charge in [-0.2, -0.15) is 0 Å². The molecule has 4 nitrogen and oxygen atoms in total. The van der Waals surface area contributed by atoms with Gasteiger partial charge in [0.25, 0.3) is 5.91 Å². The van der Waals surface area contributed by atoms with E-state index in [1.54, 1.807) is 30.7 Å². The molecule has 0 saturated carbocycles. The van der Waals surface area contributed by atoms with E-state index < -0.39 is 0 Å². The molecule has 0 bridgehead atoms. The van der Waals surface area contributed by atoms with Crippen molar-refractivity contribution in [1.29, 1.82) is 0 Å². The minimum Gasteiger partial charge on any atom is -0.467 e. The van der Waals surface area contributed by atoms with E-state index in [2.05, 4.69) is 26.2 Å². The minimum atomic E-state index is -0.176. The molecule has 2 heterocycles. The maximum atomic E-state index is 11.7. The van der Waals surface area contributed by atoms with Crippen molar-refractivity contribution in [2.75, 3.05) is 0 Å². The number of carbonyl (C=O) groups is 1. The average molecular weight is 281 g/mol. The Labute approximate surface area is 101 Å². The Kier molecular flexibility index (Phi) is 3.36. The van der Waals surface area contributed by atoms with E-state index in [4.69, 9.17) is 4.42 Å². The van der Waals surface area contributed by atoms with E-state index in [1.165, 1.54) is 6.20 Å². The second-order valence-corrected chi connectivity index (χ2v) is 4.07. The van der Waals surface area contributed by atoms with Crippen molar-refractivity contribution >= 4 is 21.8 Å². The predicted octanol–water partition coefficient (Wildman–Crippen LogP) is 2.37. The van der Waals surface area contributed by atoms with Crippen molar-refractivity contribution in [1.82, 2.24) is 10.3 Å². The SMILES string of the molecule is O=C(NCc1ccco1)c1cncc(Br)c1. The molecule has 0 aliphatic carbocycles. The number of rotatable bonds is 3. The van der Waals surface area contributed by atoms with Crippen molar-refractivity contribution in [3.63, 3.8) is 0 Å². The van der Waals surface area contributed by atoms with E-state index in [-0.39, 0.29) is 5.91 Å². The van der Waals surface area contributed by atoms with Gasteiger partial charge in [-0.05, 0) is 34.1 Å². The van der Waals surface area contributed by atoms with Crippen molar-refractivity contribution in [2.45, 2.75) is 6.54 Å². The van der Waals surface area contributed by atoms with Gasteiger partial charge in [0.15, 0.2) is 0 Å². The first kappa shape index (κ1) is 10.9. The number of carbonyl (C=O) groups excluding carboxylic acids is 1. The van der Waals surface area contributed by atoms with Gasteiger partial charge < -0.3 is 9.73 Å². The van der Waals surface area contributed by atoms with Gasteiger partial charge in [-0.15, -0.1) is 0 Å². The predicted molar refractivity (Wildman–Crippen MR) is 61.8 cm³/mol. The summed E-state index contributed by atoms with van der Waals surface area (Å²) in [6.07, 6.45) is 4.72. The summed E-state index contributed by atoms with van der Waals surface area (Å²) in [5.41, 5.74) is 0.515. The highest BCUT2D eigenvalue weighted by Gasteiger charge is 2.06. The number of hydrogen-bond donors (Lipinski definition) is 1. The Bertz CT molecular complexity index is 482. The van der Waals surface area contributed by atoms with E-state index in [0.717, 1.165) is 10.2 Å². The van der Waals surface area contributed by atoms with Crippen molar-refractivity contribution in [3.05, 3.63) is 52.7 Å². The summed E-state index contributed by atoms with van der Waals surface area (Å²) in [4.78, 5) is 15.6. The third-order valence-corrected chi connectivity index (χ3v) is 2.40. The first-order valence-electron chi connectivity index (χ1n) is 4.67. The zero-order valence-electron chi connectivity index (χ0n) is 8.31. The van der Waals surface area contributed by atoms with Crippen LogP contribution in [-0.2, 0) is 6.54 Å². The van der Waals surface area contributed by atoms with Crippen LogP contribution < -0.4 is 5.32 Å². The monoisotopic (exact) mass is 280 g/mol. The quantitative estimate of drug-likeness (QED) is 0.939. The highest BCUT2D eigenvalue weighted by atomic mass is 79.9. The maximum absolute atomic E-state index is 11.7. The molecule has 82 valence electrons. The van der Waals surface area contributed by atoms with E-state index >= 15 is 0 Å². The zero-order valence-corrected chi connectivity index (χ0v) is 9.90. The largest absolute Gasteiger partial charge is 0.467 e. The van der Waals surface area contributed by atoms with Gasteiger partial charge >= 0.3 is 0 Å². The molecule has 0 aliphatic heterocycles. The van der Waals surface area contributed by atoms with Crippen molar-refractivity contribution in [3.8, 4) is 0 Å². The number of nitrogens with one attached hydrogen (secondary N) is 1. The van der Waals surface area contributed by atoms with Crippen LogP contribution in [0.4, 0.5) is 0 Å².